The second-order valence-electron chi connectivity index (χ2n) is 5.98. The Balaban J connectivity index is 2.33. The van der Waals surface area contributed by atoms with E-state index in [0.717, 1.165) is 12.8 Å². The fourth-order valence-corrected chi connectivity index (χ4v) is 1.64. The van der Waals surface area contributed by atoms with Crippen LogP contribution in [0.25, 0.3) is 0 Å². The third kappa shape index (κ3) is 5.36. The molecular formula is C16H26O. The highest BCUT2D eigenvalue weighted by molar-refractivity contribution is 5.14. The minimum atomic E-state index is 0.223. The number of aryl methyl sites for hydroxylation is 1. The summed E-state index contributed by atoms with van der Waals surface area (Å²) in [4.78, 5) is 0. The van der Waals surface area contributed by atoms with Crippen LogP contribution in [0.1, 0.15) is 46.6 Å². The van der Waals surface area contributed by atoms with Crippen LogP contribution in [0.3, 0.4) is 0 Å². The molecule has 17 heavy (non-hydrogen) atoms. The second kappa shape index (κ2) is 6.20. The van der Waals surface area contributed by atoms with Crippen molar-refractivity contribution in [1.29, 1.82) is 0 Å². The van der Waals surface area contributed by atoms with Crippen molar-refractivity contribution in [3.05, 3.63) is 35.9 Å². The molecule has 0 fully saturated rings. The molecule has 0 amide bonds. The van der Waals surface area contributed by atoms with Gasteiger partial charge >= 0.3 is 0 Å². The fourth-order valence-electron chi connectivity index (χ4n) is 1.64. The Kier molecular flexibility index (Phi) is 5.20. The lowest BCUT2D eigenvalue weighted by molar-refractivity contribution is -0.0504. The summed E-state index contributed by atoms with van der Waals surface area (Å²) in [6.07, 6.45) is 2.81. The Bertz CT molecular complexity index is 310. The van der Waals surface area contributed by atoms with Crippen molar-refractivity contribution in [1.82, 2.24) is 0 Å². The lowest BCUT2D eigenvalue weighted by atomic mass is 9.90. The summed E-state index contributed by atoms with van der Waals surface area (Å²) < 4.78 is 6.04. The minimum absolute atomic E-state index is 0.223. The van der Waals surface area contributed by atoms with Crippen molar-refractivity contribution in [3.8, 4) is 0 Å². The summed E-state index contributed by atoms with van der Waals surface area (Å²) in [5.41, 5.74) is 1.62. The molecule has 96 valence electrons. The Morgan fingerprint density at radius 3 is 2.18 bits per heavy atom. The highest BCUT2D eigenvalue weighted by Gasteiger charge is 2.22. The number of rotatable bonds is 5. The molecule has 0 aliphatic heterocycles. The molecule has 1 aromatic carbocycles. The quantitative estimate of drug-likeness (QED) is 0.731. The van der Waals surface area contributed by atoms with Gasteiger partial charge in [0.05, 0.1) is 12.2 Å². The summed E-state index contributed by atoms with van der Waals surface area (Å²) in [6, 6.07) is 10.6. The van der Waals surface area contributed by atoms with Gasteiger partial charge in [0.25, 0.3) is 0 Å². The van der Waals surface area contributed by atoms with Gasteiger partial charge in [-0.2, -0.15) is 0 Å². The first-order chi connectivity index (χ1) is 7.89. The van der Waals surface area contributed by atoms with Crippen molar-refractivity contribution in [2.24, 2.45) is 5.41 Å². The summed E-state index contributed by atoms with van der Waals surface area (Å²) in [6.45, 7) is 11.0. The molecule has 0 aromatic heterocycles. The summed E-state index contributed by atoms with van der Waals surface area (Å²) in [5, 5.41) is 0. The van der Waals surface area contributed by atoms with Gasteiger partial charge in [-0.05, 0) is 37.7 Å². The van der Waals surface area contributed by atoms with E-state index in [1.54, 1.807) is 0 Å². The van der Waals surface area contributed by atoms with E-state index < -0.39 is 0 Å². The van der Waals surface area contributed by atoms with E-state index in [0.29, 0.717) is 12.2 Å². The summed E-state index contributed by atoms with van der Waals surface area (Å²) in [7, 11) is 0. The van der Waals surface area contributed by atoms with Gasteiger partial charge in [0.1, 0.15) is 0 Å². The molecule has 0 saturated heterocycles. The van der Waals surface area contributed by atoms with Gasteiger partial charge in [0, 0.05) is 0 Å². The van der Waals surface area contributed by atoms with Crippen LogP contribution >= 0.6 is 0 Å². The van der Waals surface area contributed by atoms with Gasteiger partial charge in [0.2, 0.25) is 0 Å². The molecule has 1 heteroatoms. The Labute approximate surface area is 106 Å². The van der Waals surface area contributed by atoms with Crippen molar-refractivity contribution < 1.29 is 4.74 Å². The van der Waals surface area contributed by atoms with Gasteiger partial charge < -0.3 is 4.74 Å². The SMILES string of the molecule is CC(CCc1ccccc1)OC(C)C(C)(C)C. The molecule has 1 rings (SSSR count). The predicted molar refractivity (Wildman–Crippen MR) is 74.2 cm³/mol. The lowest BCUT2D eigenvalue weighted by Gasteiger charge is -2.30. The van der Waals surface area contributed by atoms with E-state index in [2.05, 4.69) is 65.0 Å². The number of hydrogen-bond acceptors (Lipinski definition) is 1. The van der Waals surface area contributed by atoms with Crippen molar-refractivity contribution in [2.75, 3.05) is 0 Å². The number of ether oxygens (including phenoxy) is 1. The molecule has 2 atom stereocenters. The maximum Gasteiger partial charge on any atom is 0.0598 e. The standard InChI is InChI=1S/C16H26O/c1-13(17-14(2)16(3,4)5)11-12-15-9-7-6-8-10-15/h6-10,13-14H,11-12H2,1-5H3. The van der Waals surface area contributed by atoms with Crippen LogP contribution < -0.4 is 0 Å². The van der Waals surface area contributed by atoms with Crippen molar-refractivity contribution >= 4 is 0 Å². The average molecular weight is 234 g/mol. The molecule has 1 nitrogen and oxygen atoms in total. The van der Waals surface area contributed by atoms with Crippen LogP contribution in [0.15, 0.2) is 30.3 Å². The molecular weight excluding hydrogens is 208 g/mol. The molecule has 0 radical (unpaired) electrons. The van der Waals surface area contributed by atoms with Gasteiger partial charge in [-0.1, -0.05) is 51.1 Å². The predicted octanol–water partition coefficient (Wildman–Crippen LogP) is 4.46. The van der Waals surface area contributed by atoms with Gasteiger partial charge in [0.15, 0.2) is 0 Å². The van der Waals surface area contributed by atoms with Gasteiger partial charge in [-0.15, -0.1) is 0 Å². The zero-order valence-corrected chi connectivity index (χ0v) is 11.9. The van der Waals surface area contributed by atoms with E-state index in [1.165, 1.54) is 5.56 Å². The maximum absolute atomic E-state index is 6.04. The monoisotopic (exact) mass is 234 g/mol. The Morgan fingerprint density at radius 1 is 1.06 bits per heavy atom. The highest BCUT2D eigenvalue weighted by atomic mass is 16.5. The van der Waals surface area contributed by atoms with Crippen molar-refractivity contribution in [3.63, 3.8) is 0 Å². The van der Waals surface area contributed by atoms with Crippen molar-refractivity contribution in [2.45, 2.75) is 59.7 Å². The molecule has 0 aliphatic rings. The van der Waals surface area contributed by atoms with Crippen LogP contribution in [0.4, 0.5) is 0 Å². The maximum atomic E-state index is 6.04. The average Bonchev–Trinajstić information content (AvgIpc) is 2.26. The molecule has 0 aliphatic carbocycles. The first kappa shape index (κ1) is 14.2. The molecule has 0 spiro atoms. The molecule has 2 unspecified atom stereocenters. The smallest absolute Gasteiger partial charge is 0.0598 e. The zero-order valence-electron chi connectivity index (χ0n) is 11.9. The summed E-state index contributed by atoms with van der Waals surface area (Å²) >= 11 is 0. The largest absolute Gasteiger partial charge is 0.375 e. The van der Waals surface area contributed by atoms with Crippen LogP contribution in [0.5, 0.6) is 0 Å². The van der Waals surface area contributed by atoms with E-state index in [-0.39, 0.29) is 5.41 Å². The molecule has 1 aromatic rings. The van der Waals surface area contributed by atoms with Gasteiger partial charge in [-0.3, -0.25) is 0 Å². The van der Waals surface area contributed by atoms with E-state index in [9.17, 15) is 0 Å². The Morgan fingerprint density at radius 2 is 1.65 bits per heavy atom. The minimum Gasteiger partial charge on any atom is -0.375 e. The fraction of sp³-hybridized carbons (Fsp3) is 0.625. The van der Waals surface area contributed by atoms with E-state index >= 15 is 0 Å². The first-order valence-corrected chi connectivity index (χ1v) is 6.59. The summed E-state index contributed by atoms with van der Waals surface area (Å²) in [5.74, 6) is 0. The second-order valence-corrected chi connectivity index (χ2v) is 5.98. The Hall–Kier alpha value is -0.820. The normalized spacial score (nSPS) is 15.6. The highest BCUT2D eigenvalue weighted by Crippen LogP contribution is 2.23. The first-order valence-electron chi connectivity index (χ1n) is 6.59. The van der Waals surface area contributed by atoms with E-state index in [4.69, 9.17) is 4.74 Å². The van der Waals surface area contributed by atoms with Crippen LogP contribution in [-0.4, -0.2) is 12.2 Å². The zero-order chi connectivity index (χ0) is 12.9. The van der Waals surface area contributed by atoms with Crippen LogP contribution in [0.2, 0.25) is 0 Å². The topological polar surface area (TPSA) is 9.23 Å². The molecule has 0 N–H and O–H groups in total. The van der Waals surface area contributed by atoms with Crippen LogP contribution in [-0.2, 0) is 11.2 Å². The van der Waals surface area contributed by atoms with E-state index in [1.807, 2.05) is 0 Å². The number of hydrogen-bond donors (Lipinski definition) is 0. The molecule has 0 saturated carbocycles. The van der Waals surface area contributed by atoms with Crippen LogP contribution in [0, 0.1) is 5.41 Å². The third-order valence-electron chi connectivity index (χ3n) is 3.34. The van der Waals surface area contributed by atoms with Gasteiger partial charge in [-0.25, -0.2) is 0 Å². The third-order valence-corrected chi connectivity index (χ3v) is 3.34. The lowest BCUT2D eigenvalue weighted by Crippen LogP contribution is -2.29. The molecule has 0 heterocycles. The molecule has 0 bridgehead atoms. The number of benzene rings is 1.